The maximum Gasteiger partial charge on any atom is 0.136 e. The van der Waals surface area contributed by atoms with Gasteiger partial charge in [0.25, 0.3) is 0 Å². The van der Waals surface area contributed by atoms with Gasteiger partial charge in [0.05, 0.1) is 12.2 Å². The van der Waals surface area contributed by atoms with Gasteiger partial charge in [-0.3, -0.25) is 4.79 Å². The summed E-state index contributed by atoms with van der Waals surface area (Å²) < 4.78 is 0. The van der Waals surface area contributed by atoms with E-state index in [9.17, 15) is 15.0 Å². The molecule has 2 fully saturated rings. The Labute approximate surface area is 146 Å². The molecule has 2 aliphatic rings. The fourth-order valence-electron chi connectivity index (χ4n) is 4.52. The molecule has 0 aliphatic heterocycles. The number of aliphatic hydroxyl groups excluding tert-OH is 2. The average molecular weight is 335 g/mol. The minimum Gasteiger partial charge on any atom is -0.392 e. The van der Waals surface area contributed by atoms with Crippen LogP contribution in [0.2, 0.25) is 0 Å². The van der Waals surface area contributed by atoms with E-state index in [-0.39, 0.29) is 35.6 Å². The second kappa shape index (κ2) is 7.97. The number of hydrogen-bond acceptors (Lipinski definition) is 3. The summed E-state index contributed by atoms with van der Waals surface area (Å²) >= 11 is 0. The molecule has 0 saturated heterocycles. The van der Waals surface area contributed by atoms with Crippen molar-refractivity contribution in [3.8, 4) is 0 Å². The number of allylic oxidation sites excluding steroid dienone is 1. The van der Waals surface area contributed by atoms with Crippen molar-refractivity contribution in [2.24, 2.45) is 29.6 Å². The van der Waals surface area contributed by atoms with E-state index in [2.05, 4.69) is 26.5 Å². The zero-order chi connectivity index (χ0) is 18.0. The first-order valence-electron chi connectivity index (χ1n) is 9.43. The van der Waals surface area contributed by atoms with Crippen LogP contribution in [0, 0.1) is 29.6 Å². The predicted octanol–water partition coefficient (Wildman–Crippen LogP) is 3.90. The molecule has 2 aliphatic carbocycles. The van der Waals surface area contributed by atoms with Gasteiger partial charge in [-0.05, 0) is 51.4 Å². The van der Waals surface area contributed by atoms with Gasteiger partial charge in [-0.2, -0.15) is 0 Å². The van der Waals surface area contributed by atoms with Crippen molar-refractivity contribution >= 4 is 5.78 Å². The van der Waals surface area contributed by atoms with E-state index < -0.39 is 6.10 Å². The summed E-state index contributed by atoms with van der Waals surface area (Å²) in [6, 6.07) is 0. The molecule has 3 heteroatoms. The molecular formula is C21H34O3. The van der Waals surface area contributed by atoms with E-state index in [0.717, 1.165) is 24.8 Å². The zero-order valence-electron chi connectivity index (χ0n) is 15.7. The molecule has 0 amide bonds. The van der Waals surface area contributed by atoms with Crippen LogP contribution in [-0.2, 0) is 4.79 Å². The third kappa shape index (κ3) is 4.18. The Bertz CT molecular complexity index is 507. The Kier molecular flexibility index (Phi) is 6.44. The largest absolute Gasteiger partial charge is 0.392 e. The van der Waals surface area contributed by atoms with Crippen molar-refractivity contribution in [1.82, 2.24) is 0 Å². The van der Waals surface area contributed by atoms with Crippen LogP contribution >= 0.6 is 0 Å². The van der Waals surface area contributed by atoms with E-state index in [0.29, 0.717) is 18.8 Å². The molecule has 7 atom stereocenters. The first-order valence-corrected chi connectivity index (χ1v) is 9.43. The Balaban J connectivity index is 2.07. The fourth-order valence-corrected chi connectivity index (χ4v) is 4.52. The molecule has 0 aromatic rings. The van der Waals surface area contributed by atoms with Gasteiger partial charge in [0.1, 0.15) is 5.78 Å². The first kappa shape index (κ1) is 19.4. The third-order valence-electron chi connectivity index (χ3n) is 6.43. The normalized spacial score (nSPS) is 41.3. The second-order valence-electron chi connectivity index (χ2n) is 8.34. The van der Waals surface area contributed by atoms with E-state index >= 15 is 0 Å². The van der Waals surface area contributed by atoms with Gasteiger partial charge in [0.2, 0.25) is 0 Å². The summed E-state index contributed by atoms with van der Waals surface area (Å²) in [4.78, 5) is 12.3. The Morgan fingerprint density at radius 1 is 1.21 bits per heavy atom. The zero-order valence-corrected chi connectivity index (χ0v) is 15.7. The Morgan fingerprint density at radius 3 is 2.46 bits per heavy atom. The van der Waals surface area contributed by atoms with Crippen molar-refractivity contribution in [3.63, 3.8) is 0 Å². The van der Waals surface area contributed by atoms with Crippen molar-refractivity contribution < 1.29 is 15.0 Å². The SMILES string of the molecule is C=C(C)[C@H]1CC(=O)[C@H](C)[C@@H](C/C=C(\C)[C@@H]2CC[C@@H](C)C[C@H]2O)[C@@H]1O. The number of rotatable bonds is 4. The van der Waals surface area contributed by atoms with Crippen LogP contribution in [0.5, 0.6) is 0 Å². The second-order valence-corrected chi connectivity index (χ2v) is 8.34. The molecule has 0 heterocycles. The molecule has 3 nitrogen and oxygen atoms in total. The van der Waals surface area contributed by atoms with Crippen LogP contribution in [0.15, 0.2) is 23.8 Å². The van der Waals surface area contributed by atoms with Gasteiger partial charge in [-0.1, -0.05) is 37.6 Å². The average Bonchev–Trinajstić information content (AvgIpc) is 2.50. The number of carbonyl (C=O) groups excluding carboxylic acids is 1. The highest BCUT2D eigenvalue weighted by atomic mass is 16.3. The standard InChI is InChI=1S/C21H34O3/c1-12(2)18-11-19(22)15(5)17(21(18)24)9-7-14(4)16-8-6-13(3)10-20(16)23/h7,13,15-18,20-21,23-24H,1,6,8-11H2,2-5H3/b14-7+/t13-,15-,16+,17-,18-,20-,21+/m1/s1. The minimum atomic E-state index is -0.504. The molecule has 0 radical (unpaired) electrons. The molecule has 0 aromatic carbocycles. The molecule has 24 heavy (non-hydrogen) atoms. The van der Waals surface area contributed by atoms with Crippen LogP contribution in [0.25, 0.3) is 0 Å². The molecule has 2 saturated carbocycles. The molecule has 0 aromatic heterocycles. The van der Waals surface area contributed by atoms with Crippen molar-refractivity contribution in [3.05, 3.63) is 23.8 Å². The Morgan fingerprint density at radius 2 is 1.88 bits per heavy atom. The van der Waals surface area contributed by atoms with Crippen molar-refractivity contribution in [2.75, 3.05) is 0 Å². The maximum absolute atomic E-state index is 12.3. The molecule has 2 N–H and O–H groups in total. The lowest BCUT2D eigenvalue weighted by Crippen LogP contribution is -2.43. The molecular weight excluding hydrogens is 300 g/mol. The lowest BCUT2D eigenvalue weighted by molar-refractivity contribution is -0.132. The van der Waals surface area contributed by atoms with Gasteiger partial charge in [0.15, 0.2) is 0 Å². The highest BCUT2D eigenvalue weighted by Gasteiger charge is 2.40. The maximum atomic E-state index is 12.3. The summed E-state index contributed by atoms with van der Waals surface area (Å²) in [5.41, 5.74) is 2.10. The topological polar surface area (TPSA) is 57.5 Å². The molecule has 0 spiro atoms. The molecule has 136 valence electrons. The van der Waals surface area contributed by atoms with E-state index in [1.54, 1.807) is 0 Å². The number of aliphatic hydroxyl groups is 2. The van der Waals surface area contributed by atoms with Gasteiger partial charge >= 0.3 is 0 Å². The number of hydrogen-bond donors (Lipinski definition) is 2. The van der Waals surface area contributed by atoms with E-state index in [1.807, 2.05) is 13.8 Å². The quantitative estimate of drug-likeness (QED) is 0.767. The smallest absolute Gasteiger partial charge is 0.136 e. The summed E-state index contributed by atoms with van der Waals surface area (Å²) in [5.74, 6) is 0.769. The van der Waals surface area contributed by atoms with Gasteiger partial charge in [-0.25, -0.2) is 0 Å². The highest BCUT2D eigenvalue weighted by molar-refractivity contribution is 5.82. The first-order chi connectivity index (χ1) is 11.2. The van der Waals surface area contributed by atoms with Gasteiger partial charge < -0.3 is 10.2 Å². The predicted molar refractivity (Wildman–Crippen MR) is 97.5 cm³/mol. The van der Waals surface area contributed by atoms with E-state index in [1.165, 1.54) is 5.57 Å². The highest BCUT2D eigenvalue weighted by Crippen LogP contribution is 2.38. The monoisotopic (exact) mass is 334 g/mol. The number of ketones is 1. The summed E-state index contributed by atoms with van der Waals surface area (Å²) in [5, 5.41) is 21.1. The van der Waals surface area contributed by atoms with Gasteiger partial charge in [0, 0.05) is 24.2 Å². The van der Waals surface area contributed by atoms with Crippen LogP contribution in [0.4, 0.5) is 0 Å². The molecule has 0 unspecified atom stereocenters. The summed E-state index contributed by atoms with van der Waals surface area (Å²) in [6.45, 7) is 12.1. The van der Waals surface area contributed by atoms with Crippen molar-refractivity contribution in [1.29, 1.82) is 0 Å². The summed E-state index contributed by atoms with van der Waals surface area (Å²) in [7, 11) is 0. The number of Topliss-reactive ketones (excluding diaryl/α,β-unsaturated/α-hetero) is 1. The van der Waals surface area contributed by atoms with Crippen LogP contribution < -0.4 is 0 Å². The van der Waals surface area contributed by atoms with Crippen molar-refractivity contribution in [2.45, 2.75) is 72.0 Å². The van der Waals surface area contributed by atoms with Crippen LogP contribution in [0.3, 0.4) is 0 Å². The molecule has 2 rings (SSSR count). The van der Waals surface area contributed by atoms with E-state index in [4.69, 9.17) is 0 Å². The van der Waals surface area contributed by atoms with Crippen LogP contribution in [-0.4, -0.2) is 28.2 Å². The lowest BCUT2D eigenvalue weighted by atomic mass is 9.68. The minimum absolute atomic E-state index is 0.0532. The number of carbonyl (C=O) groups is 1. The molecule has 0 bridgehead atoms. The lowest BCUT2D eigenvalue weighted by Gasteiger charge is -2.38. The third-order valence-corrected chi connectivity index (χ3v) is 6.43. The fraction of sp³-hybridized carbons (Fsp3) is 0.762. The van der Waals surface area contributed by atoms with Crippen LogP contribution in [0.1, 0.15) is 59.8 Å². The summed E-state index contributed by atoms with van der Waals surface area (Å²) in [6.07, 6.45) is 5.56. The van der Waals surface area contributed by atoms with Gasteiger partial charge in [-0.15, -0.1) is 0 Å². The Hall–Kier alpha value is -0.930.